The van der Waals surface area contributed by atoms with Gasteiger partial charge in [-0.2, -0.15) is 0 Å². The highest BCUT2D eigenvalue weighted by Crippen LogP contribution is 2.32. The summed E-state index contributed by atoms with van der Waals surface area (Å²) >= 11 is 17.8. The Labute approximate surface area is 189 Å². The van der Waals surface area contributed by atoms with Gasteiger partial charge in [0.15, 0.2) is 6.10 Å². The molecule has 0 aliphatic carbocycles. The van der Waals surface area contributed by atoms with Crippen molar-refractivity contribution in [3.8, 4) is 0 Å². The standard InChI is InChI=1S/C19H19Cl3N2O5S/c1-3-7-30(27,28)24-13-6-4-5-12(8-13)19(26)29-11(2)18(25)23-17-10-15(21)14(20)9-16(17)22/h4-6,8-11,24H,3,7H2,1-2H3,(H,23,25). The van der Waals surface area contributed by atoms with Gasteiger partial charge in [0, 0.05) is 5.69 Å². The number of hydrogen-bond acceptors (Lipinski definition) is 5. The van der Waals surface area contributed by atoms with E-state index in [1.807, 2.05) is 0 Å². The summed E-state index contributed by atoms with van der Waals surface area (Å²) in [5.41, 5.74) is 0.516. The lowest BCUT2D eigenvalue weighted by Crippen LogP contribution is -2.30. The molecule has 11 heteroatoms. The third-order valence-electron chi connectivity index (χ3n) is 3.77. The second-order valence-corrected chi connectivity index (χ2v) is 9.35. The monoisotopic (exact) mass is 492 g/mol. The summed E-state index contributed by atoms with van der Waals surface area (Å²) in [6.45, 7) is 3.12. The van der Waals surface area contributed by atoms with Crippen LogP contribution in [0.5, 0.6) is 0 Å². The number of nitrogens with one attached hydrogen (secondary N) is 2. The fourth-order valence-electron chi connectivity index (χ4n) is 2.34. The number of sulfonamides is 1. The second kappa shape index (κ2) is 10.3. The predicted molar refractivity (Wildman–Crippen MR) is 119 cm³/mol. The van der Waals surface area contributed by atoms with Gasteiger partial charge in [-0.3, -0.25) is 9.52 Å². The van der Waals surface area contributed by atoms with Gasteiger partial charge in [-0.15, -0.1) is 0 Å². The van der Waals surface area contributed by atoms with Crippen molar-refractivity contribution < 1.29 is 22.7 Å². The second-order valence-electron chi connectivity index (χ2n) is 6.28. The molecular weight excluding hydrogens is 475 g/mol. The first-order valence-electron chi connectivity index (χ1n) is 8.79. The molecule has 0 radical (unpaired) electrons. The van der Waals surface area contributed by atoms with Crippen LogP contribution in [0.15, 0.2) is 36.4 Å². The van der Waals surface area contributed by atoms with Crippen LogP contribution in [0.4, 0.5) is 11.4 Å². The van der Waals surface area contributed by atoms with Crippen molar-refractivity contribution in [1.29, 1.82) is 0 Å². The van der Waals surface area contributed by atoms with E-state index >= 15 is 0 Å². The Morgan fingerprint density at radius 1 is 1.07 bits per heavy atom. The molecule has 1 unspecified atom stereocenters. The zero-order chi connectivity index (χ0) is 22.5. The van der Waals surface area contributed by atoms with E-state index in [4.69, 9.17) is 39.5 Å². The lowest BCUT2D eigenvalue weighted by molar-refractivity contribution is -0.123. The maximum atomic E-state index is 12.4. The first kappa shape index (κ1) is 24.3. The number of anilines is 2. The maximum absolute atomic E-state index is 12.4. The van der Waals surface area contributed by atoms with E-state index in [0.717, 1.165) is 0 Å². The third kappa shape index (κ3) is 6.77. The number of ether oxygens (including phenoxy) is 1. The summed E-state index contributed by atoms with van der Waals surface area (Å²) in [4.78, 5) is 24.7. The molecule has 7 nitrogen and oxygen atoms in total. The molecule has 0 aliphatic heterocycles. The molecule has 1 amide bonds. The Hall–Kier alpha value is -2.00. The van der Waals surface area contributed by atoms with Crippen LogP contribution in [0.1, 0.15) is 30.6 Å². The van der Waals surface area contributed by atoms with Gasteiger partial charge < -0.3 is 10.1 Å². The summed E-state index contributed by atoms with van der Waals surface area (Å²) in [6, 6.07) is 8.54. The molecule has 2 aromatic rings. The third-order valence-corrected chi connectivity index (χ3v) is 6.29. The molecule has 0 bridgehead atoms. The molecule has 0 spiro atoms. The maximum Gasteiger partial charge on any atom is 0.338 e. The SMILES string of the molecule is CCCS(=O)(=O)Nc1cccc(C(=O)OC(C)C(=O)Nc2cc(Cl)c(Cl)cc2Cl)c1. The molecule has 0 aliphatic rings. The Morgan fingerprint density at radius 2 is 1.73 bits per heavy atom. The van der Waals surface area contributed by atoms with Crippen LogP contribution in [0, 0.1) is 0 Å². The van der Waals surface area contributed by atoms with Crippen LogP contribution in [-0.4, -0.2) is 32.2 Å². The van der Waals surface area contributed by atoms with Crippen LogP contribution >= 0.6 is 34.8 Å². The van der Waals surface area contributed by atoms with Gasteiger partial charge in [0.25, 0.3) is 5.91 Å². The zero-order valence-corrected chi connectivity index (χ0v) is 19.1. The minimum atomic E-state index is -3.51. The van der Waals surface area contributed by atoms with Gasteiger partial charge in [-0.05, 0) is 43.7 Å². The molecule has 2 N–H and O–H groups in total. The van der Waals surface area contributed by atoms with Crippen molar-refractivity contribution in [1.82, 2.24) is 0 Å². The zero-order valence-electron chi connectivity index (χ0n) is 16.0. The summed E-state index contributed by atoms with van der Waals surface area (Å²) in [6.07, 6.45) is -0.713. The predicted octanol–water partition coefficient (Wildman–Crippen LogP) is 4.98. The van der Waals surface area contributed by atoms with Gasteiger partial charge in [-0.25, -0.2) is 13.2 Å². The van der Waals surface area contributed by atoms with Gasteiger partial charge in [0.1, 0.15) is 0 Å². The fraction of sp³-hybridized carbons (Fsp3) is 0.263. The average molecular weight is 494 g/mol. The van der Waals surface area contributed by atoms with Crippen LogP contribution < -0.4 is 10.0 Å². The summed E-state index contributed by atoms with van der Waals surface area (Å²) < 4.78 is 31.3. The largest absolute Gasteiger partial charge is 0.449 e. The number of benzene rings is 2. The minimum Gasteiger partial charge on any atom is -0.449 e. The highest BCUT2D eigenvalue weighted by molar-refractivity contribution is 7.92. The van der Waals surface area contributed by atoms with Crippen LogP contribution in [0.2, 0.25) is 15.1 Å². The van der Waals surface area contributed by atoms with Crippen LogP contribution in [-0.2, 0) is 19.6 Å². The number of carbonyl (C=O) groups excluding carboxylic acids is 2. The number of hydrogen-bond donors (Lipinski definition) is 2. The smallest absolute Gasteiger partial charge is 0.338 e. The van der Waals surface area contributed by atoms with Crippen molar-refractivity contribution in [3.63, 3.8) is 0 Å². The number of rotatable bonds is 8. The molecule has 0 aromatic heterocycles. The van der Waals surface area contributed by atoms with Crippen LogP contribution in [0.25, 0.3) is 0 Å². The Morgan fingerprint density at radius 3 is 2.40 bits per heavy atom. The van der Waals surface area contributed by atoms with E-state index in [1.165, 1.54) is 43.3 Å². The van der Waals surface area contributed by atoms with E-state index in [0.29, 0.717) is 6.42 Å². The van der Waals surface area contributed by atoms with E-state index in [-0.39, 0.29) is 37.8 Å². The van der Waals surface area contributed by atoms with E-state index < -0.39 is 28.0 Å². The summed E-state index contributed by atoms with van der Waals surface area (Å²) in [7, 11) is -3.51. The van der Waals surface area contributed by atoms with Crippen molar-refractivity contribution in [3.05, 3.63) is 57.0 Å². The topological polar surface area (TPSA) is 102 Å². The van der Waals surface area contributed by atoms with Gasteiger partial charge >= 0.3 is 5.97 Å². The lowest BCUT2D eigenvalue weighted by atomic mass is 10.2. The van der Waals surface area contributed by atoms with Gasteiger partial charge in [0.2, 0.25) is 10.0 Å². The first-order valence-corrected chi connectivity index (χ1v) is 11.6. The number of carbonyl (C=O) groups is 2. The molecule has 0 heterocycles. The molecular formula is C19H19Cl3N2O5S. The van der Waals surface area contributed by atoms with Crippen molar-refractivity contribution in [2.24, 2.45) is 0 Å². The molecule has 0 fully saturated rings. The fourth-order valence-corrected chi connectivity index (χ4v) is 4.06. The van der Waals surface area contributed by atoms with Gasteiger partial charge in [-0.1, -0.05) is 47.8 Å². The first-order chi connectivity index (χ1) is 14.0. The average Bonchev–Trinajstić information content (AvgIpc) is 2.65. The van der Waals surface area contributed by atoms with E-state index in [2.05, 4.69) is 10.0 Å². The molecule has 162 valence electrons. The summed E-state index contributed by atoms with van der Waals surface area (Å²) in [5.74, 6) is -1.48. The molecule has 0 saturated heterocycles. The molecule has 1 atom stereocenters. The number of amides is 1. The van der Waals surface area contributed by atoms with Crippen molar-refractivity contribution in [2.75, 3.05) is 15.8 Å². The highest BCUT2D eigenvalue weighted by Gasteiger charge is 2.21. The van der Waals surface area contributed by atoms with E-state index in [9.17, 15) is 18.0 Å². The van der Waals surface area contributed by atoms with Gasteiger partial charge in [0.05, 0.1) is 32.1 Å². The van der Waals surface area contributed by atoms with Crippen molar-refractivity contribution >= 4 is 68.1 Å². The highest BCUT2D eigenvalue weighted by atomic mass is 35.5. The van der Waals surface area contributed by atoms with E-state index in [1.54, 1.807) is 6.92 Å². The van der Waals surface area contributed by atoms with Crippen LogP contribution in [0.3, 0.4) is 0 Å². The Bertz CT molecular complexity index is 1060. The molecule has 2 rings (SSSR count). The molecule has 30 heavy (non-hydrogen) atoms. The summed E-state index contributed by atoms with van der Waals surface area (Å²) in [5, 5.41) is 3.11. The van der Waals surface area contributed by atoms with Crippen molar-refractivity contribution in [2.45, 2.75) is 26.4 Å². The number of halogens is 3. The lowest BCUT2D eigenvalue weighted by Gasteiger charge is -2.15. The minimum absolute atomic E-state index is 0.0455. The number of esters is 1. The molecule has 2 aromatic carbocycles. The quantitative estimate of drug-likeness (QED) is 0.399. The normalized spacial score (nSPS) is 12.2. The molecule has 0 saturated carbocycles. The Kier molecular flexibility index (Phi) is 8.37. The Balaban J connectivity index is 2.06.